The summed E-state index contributed by atoms with van der Waals surface area (Å²) >= 11 is 0. The first kappa shape index (κ1) is 18.7. The lowest BCUT2D eigenvalue weighted by Crippen LogP contribution is -2.39. The molecule has 0 aliphatic carbocycles. The molecule has 0 saturated carbocycles. The van der Waals surface area contributed by atoms with Crippen molar-refractivity contribution in [1.82, 2.24) is 10.6 Å². The zero-order valence-electron chi connectivity index (χ0n) is 14.2. The van der Waals surface area contributed by atoms with Crippen molar-refractivity contribution in [3.63, 3.8) is 0 Å². The van der Waals surface area contributed by atoms with Crippen LogP contribution in [0.2, 0.25) is 0 Å². The molecular weight excluding hydrogens is 347 g/mol. The van der Waals surface area contributed by atoms with Crippen molar-refractivity contribution in [2.45, 2.75) is 50.4 Å². The molecule has 2 atom stereocenters. The quantitative estimate of drug-likeness (QED) is 0.748. The third-order valence-corrected chi connectivity index (χ3v) is 4.93. The van der Waals surface area contributed by atoms with Crippen LogP contribution in [0.1, 0.15) is 42.5 Å². The van der Waals surface area contributed by atoms with Gasteiger partial charge in [0.1, 0.15) is 6.54 Å². The van der Waals surface area contributed by atoms with E-state index >= 15 is 0 Å². The van der Waals surface area contributed by atoms with E-state index in [2.05, 4.69) is 10.6 Å². The van der Waals surface area contributed by atoms with E-state index in [9.17, 15) is 22.8 Å². The van der Waals surface area contributed by atoms with Crippen LogP contribution < -0.4 is 16.0 Å². The van der Waals surface area contributed by atoms with Crippen molar-refractivity contribution in [2.24, 2.45) is 5.92 Å². The lowest BCUT2D eigenvalue weighted by molar-refractivity contribution is -0.123. The molecule has 2 aliphatic heterocycles. The lowest BCUT2D eigenvalue weighted by Gasteiger charge is -2.28. The van der Waals surface area contributed by atoms with Gasteiger partial charge in [0.05, 0.1) is 0 Å². The van der Waals surface area contributed by atoms with Gasteiger partial charge >= 0.3 is 6.18 Å². The van der Waals surface area contributed by atoms with Crippen molar-refractivity contribution >= 4 is 17.5 Å². The third-order valence-electron chi connectivity index (χ3n) is 4.93. The average molecular weight is 369 g/mol. The Kier molecular flexibility index (Phi) is 5.50. The minimum Gasteiger partial charge on any atom is -0.343 e. The molecule has 1 aromatic rings. The highest BCUT2D eigenvalue weighted by molar-refractivity contribution is 5.95. The van der Waals surface area contributed by atoms with Crippen LogP contribution in [0.3, 0.4) is 0 Å². The number of carbonyl (C=O) groups is 2. The SMILES string of the molecule is O=C(CC1CC2CCC(C1)N2)Nc1ccc(C(=O)NCC(F)(F)F)cc1. The van der Waals surface area contributed by atoms with E-state index in [-0.39, 0.29) is 11.5 Å². The predicted octanol–water partition coefficient (Wildman–Crippen LogP) is 2.84. The van der Waals surface area contributed by atoms with Gasteiger partial charge in [0.25, 0.3) is 5.91 Å². The van der Waals surface area contributed by atoms with Gasteiger partial charge in [-0.1, -0.05) is 0 Å². The number of hydrogen-bond donors (Lipinski definition) is 3. The Labute approximate surface area is 149 Å². The highest BCUT2D eigenvalue weighted by Crippen LogP contribution is 2.32. The van der Waals surface area contributed by atoms with Gasteiger partial charge in [-0.05, 0) is 55.9 Å². The molecule has 2 unspecified atom stereocenters. The van der Waals surface area contributed by atoms with Gasteiger partial charge in [0, 0.05) is 29.8 Å². The number of amides is 2. The standard InChI is InChI=1S/C18H22F3N3O2/c19-18(20,21)10-22-17(26)12-1-3-13(4-2-12)24-16(25)9-11-7-14-5-6-15(8-11)23-14/h1-4,11,14-15,23H,5-10H2,(H,22,26)(H,24,25). The molecule has 26 heavy (non-hydrogen) atoms. The van der Waals surface area contributed by atoms with E-state index in [0.717, 1.165) is 12.8 Å². The van der Waals surface area contributed by atoms with Gasteiger partial charge in [0.2, 0.25) is 5.91 Å². The smallest absolute Gasteiger partial charge is 0.343 e. The van der Waals surface area contributed by atoms with Crippen molar-refractivity contribution in [3.8, 4) is 0 Å². The molecule has 3 rings (SSSR count). The van der Waals surface area contributed by atoms with E-state index < -0.39 is 18.6 Å². The van der Waals surface area contributed by atoms with Crippen LogP contribution in [0.25, 0.3) is 0 Å². The summed E-state index contributed by atoms with van der Waals surface area (Å²) in [5, 5.41) is 8.14. The lowest BCUT2D eigenvalue weighted by atomic mass is 9.89. The van der Waals surface area contributed by atoms with Gasteiger partial charge in [-0.15, -0.1) is 0 Å². The number of nitrogens with one attached hydrogen (secondary N) is 3. The second kappa shape index (κ2) is 7.65. The van der Waals surface area contributed by atoms with Gasteiger partial charge in [0.15, 0.2) is 0 Å². The van der Waals surface area contributed by atoms with Crippen LogP contribution >= 0.6 is 0 Å². The first-order valence-electron chi connectivity index (χ1n) is 8.79. The molecule has 1 aromatic carbocycles. The van der Waals surface area contributed by atoms with Crippen LogP contribution in [0.4, 0.5) is 18.9 Å². The molecule has 0 radical (unpaired) electrons. The number of hydrogen-bond acceptors (Lipinski definition) is 3. The maximum atomic E-state index is 12.2. The third kappa shape index (κ3) is 5.20. The van der Waals surface area contributed by atoms with Crippen LogP contribution in [0, 0.1) is 5.92 Å². The highest BCUT2D eigenvalue weighted by atomic mass is 19.4. The number of rotatable bonds is 5. The monoisotopic (exact) mass is 369 g/mol. The summed E-state index contributed by atoms with van der Waals surface area (Å²) in [5.74, 6) is -0.503. The summed E-state index contributed by atoms with van der Waals surface area (Å²) in [4.78, 5) is 23.9. The molecule has 0 aromatic heterocycles. The number of halogens is 3. The van der Waals surface area contributed by atoms with Crippen LogP contribution in [0.5, 0.6) is 0 Å². The maximum Gasteiger partial charge on any atom is 0.405 e. The van der Waals surface area contributed by atoms with Gasteiger partial charge in [-0.25, -0.2) is 0 Å². The molecule has 2 fully saturated rings. The van der Waals surface area contributed by atoms with Gasteiger partial charge in [-0.2, -0.15) is 13.2 Å². The Morgan fingerprint density at radius 2 is 1.69 bits per heavy atom. The number of benzene rings is 1. The van der Waals surface area contributed by atoms with E-state index in [0.29, 0.717) is 30.1 Å². The molecule has 2 saturated heterocycles. The average Bonchev–Trinajstić information content (AvgIpc) is 2.91. The summed E-state index contributed by atoms with van der Waals surface area (Å²) in [7, 11) is 0. The zero-order valence-corrected chi connectivity index (χ0v) is 14.2. The zero-order chi connectivity index (χ0) is 18.7. The topological polar surface area (TPSA) is 70.2 Å². The van der Waals surface area contributed by atoms with E-state index in [1.807, 2.05) is 5.32 Å². The Balaban J connectivity index is 1.47. The molecule has 0 spiro atoms. The number of alkyl halides is 3. The molecule has 3 N–H and O–H groups in total. The van der Waals surface area contributed by atoms with E-state index in [4.69, 9.17) is 0 Å². The fourth-order valence-corrected chi connectivity index (χ4v) is 3.80. The Bertz CT molecular complexity index is 649. The molecule has 5 nitrogen and oxygen atoms in total. The molecule has 2 bridgehead atoms. The Morgan fingerprint density at radius 3 is 2.27 bits per heavy atom. The van der Waals surface area contributed by atoms with Gasteiger partial charge in [-0.3, -0.25) is 9.59 Å². The highest BCUT2D eigenvalue weighted by Gasteiger charge is 2.34. The summed E-state index contributed by atoms with van der Waals surface area (Å²) in [5.41, 5.74) is 0.640. The maximum absolute atomic E-state index is 12.2. The molecule has 2 amide bonds. The number of anilines is 1. The molecule has 8 heteroatoms. The first-order valence-corrected chi connectivity index (χ1v) is 8.79. The second-order valence-electron chi connectivity index (χ2n) is 7.10. The minimum absolute atomic E-state index is 0.0782. The molecular formula is C18H22F3N3O2. The van der Waals surface area contributed by atoms with Crippen molar-refractivity contribution in [3.05, 3.63) is 29.8 Å². The van der Waals surface area contributed by atoms with Crippen LogP contribution in [0.15, 0.2) is 24.3 Å². The van der Waals surface area contributed by atoms with Crippen molar-refractivity contribution in [2.75, 3.05) is 11.9 Å². The minimum atomic E-state index is -4.45. The Hall–Kier alpha value is -2.09. The second-order valence-corrected chi connectivity index (χ2v) is 7.10. The largest absolute Gasteiger partial charge is 0.405 e. The summed E-state index contributed by atoms with van der Waals surface area (Å²) in [6.45, 7) is -1.37. The summed E-state index contributed by atoms with van der Waals surface area (Å²) < 4.78 is 36.4. The molecule has 2 heterocycles. The summed E-state index contributed by atoms with van der Waals surface area (Å²) in [6, 6.07) is 6.89. The first-order chi connectivity index (χ1) is 12.3. The fourth-order valence-electron chi connectivity index (χ4n) is 3.80. The normalized spacial score (nSPS) is 25.0. The van der Waals surface area contributed by atoms with Gasteiger partial charge < -0.3 is 16.0 Å². The van der Waals surface area contributed by atoms with Crippen molar-refractivity contribution in [1.29, 1.82) is 0 Å². The summed E-state index contributed by atoms with van der Waals surface area (Å²) in [6.07, 6.45) is 0.409. The van der Waals surface area contributed by atoms with Crippen LogP contribution in [-0.4, -0.2) is 36.6 Å². The molecule has 142 valence electrons. The number of piperidine rings is 1. The number of fused-ring (bicyclic) bond motifs is 2. The van der Waals surface area contributed by atoms with E-state index in [1.165, 1.54) is 37.1 Å². The molecule has 2 aliphatic rings. The predicted molar refractivity (Wildman–Crippen MR) is 90.7 cm³/mol. The van der Waals surface area contributed by atoms with Crippen LogP contribution in [-0.2, 0) is 4.79 Å². The van der Waals surface area contributed by atoms with E-state index in [1.54, 1.807) is 0 Å². The Morgan fingerprint density at radius 1 is 1.08 bits per heavy atom. The van der Waals surface area contributed by atoms with Crippen molar-refractivity contribution < 1.29 is 22.8 Å². The number of carbonyl (C=O) groups excluding carboxylic acids is 2. The fraction of sp³-hybridized carbons (Fsp3) is 0.556.